The zero-order chi connectivity index (χ0) is 19.7. The van der Waals surface area contributed by atoms with Gasteiger partial charge in [0.25, 0.3) is 0 Å². The summed E-state index contributed by atoms with van der Waals surface area (Å²) in [4.78, 5) is 23.9. The van der Waals surface area contributed by atoms with Crippen molar-refractivity contribution in [3.8, 4) is 0 Å². The molecule has 0 aliphatic carbocycles. The summed E-state index contributed by atoms with van der Waals surface area (Å²) < 4.78 is 76.0. The summed E-state index contributed by atoms with van der Waals surface area (Å²) in [6, 6.07) is 3.55. The Labute approximate surface area is 143 Å². The van der Waals surface area contributed by atoms with E-state index in [0.717, 1.165) is 29.2 Å². The van der Waals surface area contributed by atoms with Gasteiger partial charge in [0.15, 0.2) is 0 Å². The third-order valence-electron chi connectivity index (χ3n) is 4.00. The first-order valence-corrected chi connectivity index (χ1v) is 7.37. The van der Waals surface area contributed by atoms with Gasteiger partial charge >= 0.3 is 18.3 Å². The van der Waals surface area contributed by atoms with Crippen LogP contribution in [0.5, 0.6) is 0 Å². The van der Waals surface area contributed by atoms with Crippen LogP contribution in [-0.4, -0.2) is 47.7 Å². The molecule has 1 aliphatic rings. The molecule has 0 saturated carbocycles. The summed E-state index contributed by atoms with van der Waals surface area (Å²) in [6.07, 6.45) is -9.24. The van der Waals surface area contributed by atoms with Gasteiger partial charge in [-0.3, -0.25) is 14.5 Å². The van der Waals surface area contributed by atoms with E-state index in [-0.39, 0.29) is 5.69 Å². The highest BCUT2D eigenvalue weighted by Crippen LogP contribution is 2.37. The van der Waals surface area contributed by atoms with Crippen LogP contribution in [0.3, 0.4) is 0 Å². The van der Waals surface area contributed by atoms with Crippen molar-refractivity contribution in [2.45, 2.75) is 12.4 Å². The molecule has 2 N–H and O–H groups in total. The number of hydrogen-bond acceptors (Lipinski definition) is 3. The van der Waals surface area contributed by atoms with Crippen LogP contribution in [0.15, 0.2) is 24.3 Å². The molecule has 1 fully saturated rings. The molecule has 0 aromatic heterocycles. The molecular weight excluding hydrogens is 370 g/mol. The minimum Gasteiger partial charge on any atom is -0.481 e. The lowest BCUT2D eigenvalue weighted by Gasteiger charge is -2.18. The second-order valence-electron chi connectivity index (χ2n) is 5.91. The number of carboxylic acid groups (broad SMARTS) is 1. The first-order chi connectivity index (χ1) is 11.9. The highest BCUT2D eigenvalue weighted by molar-refractivity contribution is 5.92. The SMILES string of the molecule is O=C(CN1C[C@@H](C(F)(F)F)[C@H](C(=O)O)C1)Nc1ccc(C(F)(F)F)cc1. The van der Waals surface area contributed by atoms with Crippen LogP contribution in [0.1, 0.15) is 5.56 Å². The van der Waals surface area contributed by atoms with Gasteiger partial charge in [0.05, 0.1) is 23.9 Å². The Morgan fingerprint density at radius 2 is 1.65 bits per heavy atom. The molecule has 1 aromatic rings. The lowest BCUT2D eigenvalue weighted by atomic mass is 9.96. The third kappa shape index (κ3) is 4.87. The van der Waals surface area contributed by atoms with E-state index in [4.69, 9.17) is 5.11 Å². The molecule has 2 rings (SSSR count). The molecule has 0 bridgehead atoms. The van der Waals surface area contributed by atoms with Crippen molar-refractivity contribution >= 4 is 17.6 Å². The first-order valence-electron chi connectivity index (χ1n) is 7.37. The second kappa shape index (κ2) is 7.14. The predicted octanol–water partition coefficient (Wildman–Crippen LogP) is 2.84. The molecule has 1 saturated heterocycles. The number of carbonyl (C=O) groups is 2. The van der Waals surface area contributed by atoms with Crippen molar-refractivity contribution in [2.24, 2.45) is 11.8 Å². The molecule has 0 radical (unpaired) electrons. The van der Waals surface area contributed by atoms with Crippen molar-refractivity contribution in [3.63, 3.8) is 0 Å². The summed E-state index contributed by atoms with van der Waals surface area (Å²) in [7, 11) is 0. The molecule has 1 aromatic carbocycles. The Bertz CT molecular complexity index is 671. The van der Waals surface area contributed by atoms with Gasteiger partial charge in [0.1, 0.15) is 0 Å². The van der Waals surface area contributed by atoms with Crippen molar-refractivity contribution in [1.82, 2.24) is 4.90 Å². The lowest BCUT2D eigenvalue weighted by molar-refractivity contribution is -0.188. The molecule has 11 heteroatoms. The van der Waals surface area contributed by atoms with Crippen molar-refractivity contribution in [1.29, 1.82) is 0 Å². The van der Waals surface area contributed by atoms with Crippen LogP contribution < -0.4 is 5.32 Å². The number of aliphatic carboxylic acids is 1. The summed E-state index contributed by atoms with van der Waals surface area (Å²) in [5, 5.41) is 11.2. The van der Waals surface area contributed by atoms with Crippen LogP contribution in [-0.2, 0) is 15.8 Å². The first kappa shape index (κ1) is 20.0. The van der Waals surface area contributed by atoms with E-state index in [1.807, 2.05) is 0 Å². The predicted molar refractivity (Wildman–Crippen MR) is 77.2 cm³/mol. The minimum atomic E-state index is -4.71. The van der Waals surface area contributed by atoms with Crippen LogP contribution in [0.4, 0.5) is 32.0 Å². The van der Waals surface area contributed by atoms with E-state index in [1.54, 1.807) is 0 Å². The van der Waals surface area contributed by atoms with E-state index in [1.165, 1.54) is 0 Å². The molecule has 1 heterocycles. The van der Waals surface area contributed by atoms with Gasteiger partial charge in [-0.2, -0.15) is 26.3 Å². The maximum absolute atomic E-state index is 12.9. The quantitative estimate of drug-likeness (QED) is 0.784. The van der Waals surface area contributed by atoms with Crippen LogP contribution in [0, 0.1) is 11.8 Å². The fraction of sp³-hybridized carbons (Fsp3) is 0.467. The molecule has 144 valence electrons. The molecule has 2 atom stereocenters. The number of benzene rings is 1. The summed E-state index contributed by atoms with van der Waals surface area (Å²) in [5.41, 5.74) is -0.864. The molecule has 26 heavy (non-hydrogen) atoms. The smallest absolute Gasteiger partial charge is 0.416 e. The van der Waals surface area contributed by atoms with Gasteiger partial charge in [0, 0.05) is 18.8 Å². The maximum Gasteiger partial charge on any atom is 0.416 e. The number of nitrogens with one attached hydrogen (secondary N) is 1. The van der Waals surface area contributed by atoms with Crippen LogP contribution in [0.2, 0.25) is 0 Å². The normalized spacial score (nSPS) is 21.6. The number of amides is 1. The van der Waals surface area contributed by atoms with Crippen LogP contribution >= 0.6 is 0 Å². The number of carbonyl (C=O) groups excluding carboxylic acids is 1. The summed E-state index contributed by atoms with van der Waals surface area (Å²) in [5.74, 6) is -6.11. The molecule has 0 spiro atoms. The number of carboxylic acids is 1. The highest BCUT2D eigenvalue weighted by atomic mass is 19.4. The van der Waals surface area contributed by atoms with E-state index in [9.17, 15) is 35.9 Å². The Balaban J connectivity index is 1.97. The zero-order valence-electron chi connectivity index (χ0n) is 13.1. The largest absolute Gasteiger partial charge is 0.481 e. The molecule has 0 unspecified atom stereocenters. The van der Waals surface area contributed by atoms with Crippen LogP contribution in [0.25, 0.3) is 0 Å². The summed E-state index contributed by atoms with van der Waals surface area (Å²) in [6.45, 7) is -1.59. The van der Waals surface area contributed by atoms with Gasteiger partial charge in [-0.25, -0.2) is 0 Å². The van der Waals surface area contributed by atoms with Gasteiger partial charge in [-0.1, -0.05) is 0 Å². The van der Waals surface area contributed by atoms with Gasteiger partial charge in [-0.05, 0) is 24.3 Å². The number of hydrogen-bond donors (Lipinski definition) is 2. The average molecular weight is 384 g/mol. The standard InChI is InChI=1S/C15H14F6N2O3/c16-14(17,18)8-1-3-9(4-2-8)22-12(24)7-23-5-10(13(25)26)11(6-23)15(19,20)21/h1-4,10-11H,5-7H2,(H,22,24)(H,25,26)/t10-,11-/m1/s1. The minimum absolute atomic E-state index is 0.0457. The molecular formula is C15H14F6N2O3. The number of likely N-dealkylation sites (tertiary alicyclic amines) is 1. The Morgan fingerprint density at radius 1 is 1.08 bits per heavy atom. The van der Waals surface area contributed by atoms with E-state index in [2.05, 4.69) is 5.32 Å². The third-order valence-corrected chi connectivity index (χ3v) is 4.00. The topological polar surface area (TPSA) is 69.6 Å². The number of halogens is 6. The van der Waals surface area contributed by atoms with Gasteiger partial charge in [0.2, 0.25) is 5.91 Å². The fourth-order valence-corrected chi connectivity index (χ4v) is 2.74. The van der Waals surface area contributed by atoms with E-state index >= 15 is 0 Å². The van der Waals surface area contributed by atoms with Gasteiger partial charge < -0.3 is 10.4 Å². The highest BCUT2D eigenvalue weighted by Gasteiger charge is 2.52. The van der Waals surface area contributed by atoms with Crippen molar-refractivity contribution < 1.29 is 41.0 Å². The van der Waals surface area contributed by atoms with Crippen molar-refractivity contribution in [2.75, 3.05) is 25.0 Å². The molecule has 5 nitrogen and oxygen atoms in total. The van der Waals surface area contributed by atoms with Crippen molar-refractivity contribution in [3.05, 3.63) is 29.8 Å². The van der Waals surface area contributed by atoms with Gasteiger partial charge in [-0.15, -0.1) is 0 Å². The Hall–Kier alpha value is -2.30. The summed E-state index contributed by atoms with van der Waals surface area (Å²) >= 11 is 0. The number of nitrogens with zero attached hydrogens (tertiary/aromatic N) is 1. The fourth-order valence-electron chi connectivity index (χ4n) is 2.74. The molecule has 1 aliphatic heterocycles. The number of anilines is 1. The maximum atomic E-state index is 12.9. The monoisotopic (exact) mass is 384 g/mol. The van der Waals surface area contributed by atoms with E-state index < -0.39 is 61.3 Å². The Kier molecular flexibility index (Phi) is 5.49. The zero-order valence-corrected chi connectivity index (χ0v) is 13.1. The number of alkyl halides is 6. The second-order valence-corrected chi connectivity index (χ2v) is 5.91. The molecule has 1 amide bonds. The van der Waals surface area contributed by atoms with E-state index in [0.29, 0.717) is 0 Å². The number of rotatable bonds is 4. The lowest BCUT2D eigenvalue weighted by Crippen LogP contribution is -2.34. The Morgan fingerprint density at radius 3 is 2.08 bits per heavy atom. The average Bonchev–Trinajstić information content (AvgIpc) is 2.91.